The van der Waals surface area contributed by atoms with Crippen LogP contribution >= 0.6 is 0 Å². The molecule has 2 aromatic heterocycles. The molecule has 0 saturated heterocycles. The Balaban J connectivity index is 1.42. The fraction of sp³-hybridized carbons (Fsp3) is 0.200. The molecule has 28 heavy (non-hydrogen) atoms. The number of amides is 1. The zero-order valence-corrected chi connectivity index (χ0v) is 15.9. The lowest BCUT2D eigenvalue weighted by Gasteiger charge is -2.07. The van der Waals surface area contributed by atoms with Crippen molar-refractivity contribution in [3.05, 3.63) is 66.0 Å². The highest BCUT2D eigenvalue weighted by Gasteiger charge is 2.11. The number of fused-ring (bicyclic) bond motifs is 1. The number of nitrogens with one attached hydrogen (secondary N) is 3. The Bertz CT molecular complexity index is 1110. The normalized spacial score (nSPS) is 11.0. The Kier molecular flexibility index (Phi) is 6.42. The molecule has 3 aromatic rings. The van der Waals surface area contributed by atoms with Crippen molar-refractivity contribution in [3.63, 3.8) is 0 Å². The second kappa shape index (κ2) is 9.17. The first kappa shape index (κ1) is 19.6. The highest BCUT2D eigenvalue weighted by molar-refractivity contribution is 7.89. The molecule has 1 amide bonds. The number of aromatic nitrogens is 2. The van der Waals surface area contributed by atoms with Gasteiger partial charge in [-0.2, -0.15) is 0 Å². The highest BCUT2D eigenvalue weighted by Crippen LogP contribution is 2.14. The minimum Gasteiger partial charge on any atom is -0.346 e. The van der Waals surface area contributed by atoms with Crippen molar-refractivity contribution in [1.82, 2.24) is 20.0 Å². The molecule has 0 spiro atoms. The van der Waals surface area contributed by atoms with Gasteiger partial charge in [0.2, 0.25) is 10.0 Å². The van der Waals surface area contributed by atoms with Crippen LogP contribution in [0.4, 0.5) is 0 Å². The summed E-state index contributed by atoms with van der Waals surface area (Å²) in [6, 6.07) is 12.8. The molecule has 3 rings (SSSR count). The second-order valence-electron chi connectivity index (χ2n) is 6.08. The van der Waals surface area contributed by atoms with Crippen LogP contribution in [0.15, 0.2) is 54.9 Å². The Morgan fingerprint density at radius 2 is 1.96 bits per heavy atom. The lowest BCUT2D eigenvalue weighted by atomic mass is 10.2. The number of aromatic amines is 1. The van der Waals surface area contributed by atoms with Crippen LogP contribution in [0.2, 0.25) is 0 Å². The summed E-state index contributed by atoms with van der Waals surface area (Å²) in [6.45, 7) is 0.425. The number of sulfonamides is 1. The minimum atomic E-state index is -3.45. The van der Waals surface area contributed by atoms with E-state index in [0.717, 1.165) is 22.2 Å². The Morgan fingerprint density at radius 1 is 1.14 bits per heavy atom. The summed E-state index contributed by atoms with van der Waals surface area (Å²) < 4.78 is 26.9. The van der Waals surface area contributed by atoms with Crippen LogP contribution in [0.1, 0.15) is 17.5 Å². The summed E-state index contributed by atoms with van der Waals surface area (Å²) in [7, 11) is -3.45. The summed E-state index contributed by atoms with van der Waals surface area (Å²) in [6.07, 6.45) is 3.69. The van der Waals surface area contributed by atoms with Crippen LogP contribution < -0.4 is 10.0 Å². The molecule has 7 nitrogen and oxygen atoms in total. The smallest absolute Gasteiger partial charge is 0.296 e. The average Bonchev–Trinajstić information content (AvgIpc) is 3.18. The SMILES string of the molecule is O=C(C#Cc1ccccc1)NCCCS(=O)(=O)NCc1ccnc2[nH]ccc12. The first-order valence-corrected chi connectivity index (χ1v) is 10.4. The third-order valence-corrected chi connectivity index (χ3v) is 5.41. The number of pyridine rings is 1. The van der Waals surface area contributed by atoms with Gasteiger partial charge in [-0.05, 0) is 36.2 Å². The summed E-state index contributed by atoms with van der Waals surface area (Å²) in [5.41, 5.74) is 2.31. The predicted octanol–water partition coefficient (Wildman–Crippen LogP) is 1.54. The van der Waals surface area contributed by atoms with Gasteiger partial charge in [0.05, 0.1) is 5.75 Å². The fourth-order valence-corrected chi connectivity index (χ4v) is 3.63. The molecule has 0 aliphatic carbocycles. The van der Waals surface area contributed by atoms with Gasteiger partial charge >= 0.3 is 0 Å². The molecule has 0 saturated carbocycles. The minimum absolute atomic E-state index is 0.0826. The number of carbonyl (C=O) groups is 1. The van der Waals surface area contributed by atoms with E-state index in [1.165, 1.54) is 0 Å². The fourth-order valence-electron chi connectivity index (χ4n) is 2.59. The van der Waals surface area contributed by atoms with Crippen molar-refractivity contribution in [2.45, 2.75) is 13.0 Å². The topological polar surface area (TPSA) is 104 Å². The monoisotopic (exact) mass is 396 g/mol. The van der Waals surface area contributed by atoms with Gasteiger partial charge in [0, 0.05) is 42.4 Å². The van der Waals surface area contributed by atoms with Gasteiger partial charge in [-0.15, -0.1) is 0 Å². The van der Waals surface area contributed by atoms with E-state index in [1.54, 1.807) is 18.5 Å². The van der Waals surface area contributed by atoms with Crippen LogP contribution in [0.3, 0.4) is 0 Å². The predicted molar refractivity (Wildman–Crippen MR) is 108 cm³/mol. The van der Waals surface area contributed by atoms with Gasteiger partial charge in [0.25, 0.3) is 5.91 Å². The van der Waals surface area contributed by atoms with E-state index in [1.807, 2.05) is 36.4 Å². The van der Waals surface area contributed by atoms with Crippen molar-refractivity contribution in [2.24, 2.45) is 0 Å². The first-order chi connectivity index (χ1) is 13.5. The van der Waals surface area contributed by atoms with E-state index in [0.29, 0.717) is 6.42 Å². The number of nitrogens with zero attached hydrogens (tertiary/aromatic N) is 1. The molecular formula is C20H20N4O3S. The molecule has 0 aliphatic heterocycles. The molecule has 144 valence electrons. The molecule has 0 bridgehead atoms. The Morgan fingerprint density at radius 3 is 2.79 bits per heavy atom. The van der Waals surface area contributed by atoms with Crippen LogP contribution in [-0.2, 0) is 21.4 Å². The van der Waals surface area contributed by atoms with E-state index in [9.17, 15) is 13.2 Å². The molecule has 3 N–H and O–H groups in total. The van der Waals surface area contributed by atoms with Gasteiger partial charge < -0.3 is 10.3 Å². The molecule has 0 fully saturated rings. The molecule has 1 aromatic carbocycles. The standard InChI is InChI=1S/C20H20N4O3S/c25-19(8-7-16-5-2-1-3-6-16)21-11-4-14-28(26,27)24-15-17-9-12-22-20-18(17)10-13-23-20/h1-3,5-6,9-10,12-13,24H,4,11,14-15H2,(H,21,25)(H,22,23). The summed E-state index contributed by atoms with van der Waals surface area (Å²) >= 11 is 0. The van der Waals surface area contributed by atoms with Gasteiger partial charge in [-0.25, -0.2) is 18.1 Å². The quantitative estimate of drug-likeness (QED) is 0.416. The van der Waals surface area contributed by atoms with E-state index in [4.69, 9.17) is 0 Å². The average molecular weight is 396 g/mol. The van der Waals surface area contributed by atoms with Crippen molar-refractivity contribution >= 4 is 27.0 Å². The first-order valence-electron chi connectivity index (χ1n) is 8.77. The largest absolute Gasteiger partial charge is 0.346 e. The maximum atomic E-state index is 12.2. The zero-order valence-electron chi connectivity index (χ0n) is 15.1. The zero-order chi connectivity index (χ0) is 19.8. The van der Waals surface area contributed by atoms with Crippen molar-refractivity contribution in [2.75, 3.05) is 12.3 Å². The summed E-state index contributed by atoms with van der Waals surface area (Å²) in [5, 5.41) is 3.49. The van der Waals surface area contributed by atoms with Crippen LogP contribution in [0.25, 0.3) is 11.0 Å². The number of hydrogen-bond acceptors (Lipinski definition) is 4. The maximum Gasteiger partial charge on any atom is 0.296 e. The second-order valence-corrected chi connectivity index (χ2v) is 8.00. The molecular weight excluding hydrogens is 376 g/mol. The molecule has 0 aliphatic rings. The van der Waals surface area contributed by atoms with E-state index in [2.05, 4.69) is 31.8 Å². The van der Waals surface area contributed by atoms with Gasteiger partial charge in [-0.3, -0.25) is 4.79 Å². The lowest BCUT2D eigenvalue weighted by Crippen LogP contribution is -2.29. The number of H-pyrrole nitrogens is 1. The van der Waals surface area contributed by atoms with E-state index >= 15 is 0 Å². The lowest BCUT2D eigenvalue weighted by molar-refractivity contribution is -0.115. The summed E-state index contributed by atoms with van der Waals surface area (Å²) in [5.74, 6) is 4.72. The van der Waals surface area contributed by atoms with Crippen molar-refractivity contribution < 1.29 is 13.2 Å². The van der Waals surface area contributed by atoms with Gasteiger partial charge in [0.15, 0.2) is 0 Å². The van der Waals surface area contributed by atoms with Gasteiger partial charge in [0.1, 0.15) is 5.65 Å². The van der Waals surface area contributed by atoms with Crippen molar-refractivity contribution in [3.8, 4) is 11.8 Å². The third-order valence-electron chi connectivity index (χ3n) is 4.00. The molecule has 0 radical (unpaired) electrons. The van der Waals surface area contributed by atoms with E-state index < -0.39 is 15.9 Å². The van der Waals surface area contributed by atoms with Crippen LogP contribution in [0.5, 0.6) is 0 Å². The van der Waals surface area contributed by atoms with Crippen molar-refractivity contribution in [1.29, 1.82) is 0 Å². The Labute approximate surface area is 163 Å². The number of benzene rings is 1. The highest BCUT2D eigenvalue weighted by atomic mass is 32.2. The van der Waals surface area contributed by atoms with Gasteiger partial charge in [-0.1, -0.05) is 24.1 Å². The number of hydrogen-bond donors (Lipinski definition) is 3. The number of carbonyl (C=O) groups excluding carboxylic acids is 1. The Hall–Kier alpha value is -3.15. The van der Waals surface area contributed by atoms with Crippen LogP contribution in [0, 0.1) is 11.8 Å². The molecule has 0 atom stereocenters. The molecule has 0 unspecified atom stereocenters. The molecule has 8 heteroatoms. The third kappa shape index (κ3) is 5.67. The van der Waals surface area contributed by atoms with Crippen LogP contribution in [-0.4, -0.2) is 36.6 Å². The van der Waals surface area contributed by atoms with E-state index in [-0.39, 0.29) is 18.8 Å². The number of rotatable bonds is 7. The maximum absolute atomic E-state index is 12.2. The summed E-state index contributed by atoms with van der Waals surface area (Å²) in [4.78, 5) is 18.9. The molecule has 2 heterocycles.